The number of pyridine rings is 1. The number of hydrogen-bond acceptors (Lipinski definition) is 2. The molecule has 3 rings (SSSR count). The highest BCUT2D eigenvalue weighted by molar-refractivity contribution is 5.65. The average molecular weight is 251 g/mol. The Kier molecular flexibility index (Phi) is 2.82. The van der Waals surface area contributed by atoms with Crippen molar-refractivity contribution < 1.29 is 0 Å². The van der Waals surface area contributed by atoms with E-state index in [9.17, 15) is 0 Å². The van der Waals surface area contributed by atoms with Crippen molar-refractivity contribution >= 4 is 5.65 Å². The van der Waals surface area contributed by atoms with Crippen LogP contribution in [-0.2, 0) is 0 Å². The third kappa shape index (κ3) is 2.12. The first kappa shape index (κ1) is 11.9. The molecule has 0 atom stereocenters. The second-order valence-corrected chi connectivity index (χ2v) is 5.17. The normalized spacial score (nSPS) is 11.4. The first-order chi connectivity index (χ1) is 9.15. The molecule has 3 heteroatoms. The fourth-order valence-corrected chi connectivity index (χ4v) is 2.25. The predicted molar refractivity (Wildman–Crippen MR) is 77.2 cm³/mol. The number of rotatable bonds is 2. The van der Waals surface area contributed by atoms with E-state index in [1.807, 2.05) is 17.4 Å². The largest absolute Gasteiger partial charge is 0.286 e. The molecule has 0 aliphatic heterocycles. The van der Waals surface area contributed by atoms with Crippen molar-refractivity contribution in [1.82, 2.24) is 14.6 Å². The van der Waals surface area contributed by atoms with Crippen molar-refractivity contribution in [2.24, 2.45) is 0 Å². The number of aryl methyl sites for hydroxylation is 1. The van der Waals surface area contributed by atoms with E-state index < -0.39 is 0 Å². The van der Waals surface area contributed by atoms with E-state index in [1.54, 1.807) is 0 Å². The van der Waals surface area contributed by atoms with Crippen LogP contribution in [0.5, 0.6) is 0 Å². The van der Waals surface area contributed by atoms with Gasteiger partial charge in [-0.05, 0) is 41.7 Å². The summed E-state index contributed by atoms with van der Waals surface area (Å²) in [6, 6.07) is 12.8. The lowest BCUT2D eigenvalue weighted by atomic mass is 9.98. The molecule has 3 nitrogen and oxygen atoms in total. The maximum absolute atomic E-state index is 4.11. The van der Waals surface area contributed by atoms with Crippen LogP contribution in [0.15, 0.2) is 42.6 Å². The highest BCUT2D eigenvalue weighted by Crippen LogP contribution is 2.24. The van der Waals surface area contributed by atoms with Gasteiger partial charge >= 0.3 is 0 Å². The fourth-order valence-electron chi connectivity index (χ4n) is 2.25. The lowest BCUT2D eigenvalue weighted by molar-refractivity contribution is 0.867. The molecular weight excluding hydrogens is 234 g/mol. The van der Waals surface area contributed by atoms with Crippen molar-refractivity contribution in [1.29, 1.82) is 0 Å². The lowest BCUT2D eigenvalue weighted by Crippen LogP contribution is -1.91. The van der Waals surface area contributed by atoms with Gasteiger partial charge in [-0.25, -0.2) is 0 Å². The topological polar surface area (TPSA) is 30.2 Å². The smallest absolute Gasteiger partial charge is 0.160 e. The molecular formula is C16H17N3. The van der Waals surface area contributed by atoms with E-state index in [1.165, 1.54) is 16.7 Å². The summed E-state index contributed by atoms with van der Waals surface area (Å²) in [6.07, 6.45) is 2.10. The zero-order chi connectivity index (χ0) is 13.4. The molecule has 2 heterocycles. The minimum absolute atomic E-state index is 0.542. The first-order valence-corrected chi connectivity index (χ1v) is 6.57. The number of benzene rings is 1. The molecule has 0 unspecified atom stereocenters. The summed E-state index contributed by atoms with van der Waals surface area (Å²) >= 11 is 0. The van der Waals surface area contributed by atoms with Crippen LogP contribution in [0.25, 0.3) is 16.8 Å². The first-order valence-electron chi connectivity index (χ1n) is 6.57. The van der Waals surface area contributed by atoms with Crippen molar-refractivity contribution in [2.45, 2.75) is 26.7 Å². The number of fused-ring (bicyclic) bond motifs is 1. The Labute approximate surface area is 112 Å². The average Bonchev–Trinajstić information content (AvgIpc) is 2.80. The third-order valence-electron chi connectivity index (χ3n) is 3.46. The molecule has 0 radical (unpaired) electrons. The van der Waals surface area contributed by atoms with E-state index >= 15 is 0 Å². The van der Waals surface area contributed by atoms with Gasteiger partial charge < -0.3 is 0 Å². The summed E-state index contributed by atoms with van der Waals surface area (Å²) in [6.45, 7) is 6.40. The van der Waals surface area contributed by atoms with Gasteiger partial charge in [-0.15, -0.1) is 10.2 Å². The summed E-state index contributed by atoms with van der Waals surface area (Å²) in [4.78, 5) is 0. The van der Waals surface area contributed by atoms with Crippen molar-refractivity contribution in [2.75, 3.05) is 0 Å². The lowest BCUT2D eigenvalue weighted by Gasteiger charge is -2.08. The monoisotopic (exact) mass is 251 g/mol. The van der Waals surface area contributed by atoms with Crippen LogP contribution >= 0.6 is 0 Å². The van der Waals surface area contributed by atoms with E-state index in [-0.39, 0.29) is 0 Å². The molecule has 0 aliphatic rings. The van der Waals surface area contributed by atoms with E-state index in [4.69, 9.17) is 0 Å². The summed E-state index contributed by atoms with van der Waals surface area (Å²) in [5.41, 5.74) is 4.68. The molecule has 2 aromatic heterocycles. The van der Waals surface area contributed by atoms with E-state index in [2.05, 4.69) is 60.6 Å². The van der Waals surface area contributed by atoms with Gasteiger partial charge in [0.2, 0.25) is 0 Å². The van der Waals surface area contributed by atoms with Gasteiger partial charge in [0, 0.05) is 6.20 Å². The summed E-state index contributed by atoms with van der Waals surface area (Å²) < 4.78 is 2.03. The van der Waals surface area contributed by atoms with Crippen LogP contribution in [0.3, 0.4) is 0 Å². The van der Waals surface area contributed by atoms with Gasteiger partial charge in [0.15, 0.2) is 5.65 Å². The maximum atomic E-state index is 4.11. The highest BCUT2D eigenvalue weighted by atomic mass is 15.2. The number of nitrogens with zero attached hydrogens (tertiary/aromatic N) is 3. The van der Waals surface area contributed by atoms with Gasteiger partial charge in [-0.2, -0.15) is 0 Å². The SMILES string of the molecule is Cc1nnc2ccc(-c3cccc(C(C)C)c3)cn12. The number of aromatic nitrogens is 3. The van der Waals surface area contributed by atoms with Crippen molar-refractivity contribution in [3.63, 3.8) is 0 Å². The Balaban J connectivity index is 2.13. The zero-order valence-electron chi connectivity index (χ0n) is 11.5. The molecule has 0 saturated heterocycles. The molecule has 0 aliphatic carbocycles. The predicted octanol–water partition coefficient (Wildman–Crippen LogP) is 3.83. The fraction of sp³-hybridized carbons (Fsp3) is 0.250. The Hall–Kier alpha value is -2.16. The molecule has 1 aromatic carbocycles. The Morgan fingerprint density at radius 2 is 1.84 bits per heavy atom. The van der Waals surface area contributed by atoms with Gasteiger partial charge in [-0.1, -0.05) is 38.1 Å². The zero-order valence-corrected chi connectivity index (χ0v) is 11.5. The molecule has 3 aromatic rings. The second-order valence-electron chi connectivity index (χ2n) is 5.17. The highest BCUT2D eigenvalue weighted by Gasteiger charge is 2.05. The van der Waals surface area contributed by atoms with Crippen LogP contribution in [0, 0.1) is 6.92 Å². The van der Waals surface area contributed by atoms with Crippen molar-refractivity contribution in [3.8, 4) is 11.1 Å². The molecule has 0 spiro atoms. The Morgan fingerprint density at radius 1 is 1.00 bits per heavy atom. The Morgan fingerprint density at radius 3 is 2.63 bits per heavy atom. The van der Waals surface area contributed by atoms with Crippen LogP contribution in [0.1, 0.15) is 31.2 Å². The quantitative estimate of drug-likeness (QED) is 0.693. The molecule has 0 saturated carbocycles. The minimum Gasteiger partial charge on any atom is -0.286 e. The van der Waals surface area contributed by atoms with Crippen LogP contribution in [0.4, 0.5) is 0 Å². The molecule has 19 heavy (non-hydrogen) atoms. The van der Waals surface area contributed by atoms with Gasteiger partial charge in [0.05, 0.1) is 0 Å². The third-order valence-corrected chi connectivity index (χ3v) is 3.46. The van der Waals surface area contributed by atoms with Gasteiger partial charge in [-0.3, -0.25) is 4.40 Å². The summed E-state index contributed by atoms with van der Waals surface area (Å²) in [7, 11) is 0. The van der Waals surface area contributed by atoms with E-state index in [0.717, 1.165) is 11.5 Å². The van der Waals surface area contributed by atoms with Crippen LogP contribution in [-0.4, -0.2) is 14.6 Å². The number of hydrogen-bond donors (Lipinski definition) is 0. The maximum Gasteiger partial charge on any atom is 0.160 e. The molecule has 96 valence electrons. The van der Waals surface area contributed by atoms with Crippen molar-refractivity contribution in [3.05, 3.63) is 54.0 Å². The molecule has 0 amide bonds. The van der Waals surface area contributed by atoms with Gasteiger partial charge in [0.1, 0.15) is 5.82 Å². The standard InChI is InChI=1S/C16H17N3/c1-11(2)13-5-4-6-14(9-13)15-7-8-16-18-17-12(3)19(16)10-15/h4-11H,1-3H3. The van der Waals surface area contributed by atoms with Crippen LogP contribution in [0.2, 0.25) is 0 Å². The van der Waals surface area contributed by atoms with E-state index in [0.29, 0.717) is 5.92 Å². The molecule has 0 bridgehead atoms. The van der Waals surface area contributed by atoms with Gasteiger partial charge in [0.25, 0.3) is 0 Å². The summed E-state index contributed by atoms with van der Waals surface area (Å²) in [5, 5.41) is 8.20. The Bertz CT molecular complexity index is 726. The molecule has 0 fully saturated rings. The summed E-state index contributed by atoms with van der Waals surface area (Å²) in [5.74, 6) is 1.46. The minimum atomic E-state index is 0.542. The van der Waals surface area contributed by atoms with Crippen LogP contribution < -0.4 is 0 Å². The molecule has 0 N–H and O–H groups in total. The second kappa shape index (κ2) is 4.50.